The minimum Gasteiger partial charge on any atom is -0.464 e. The predicted octanol–water partition coefficient (Wildman–Crippen LogP) is 2.76. The molecule has 1 aliphatic rings. The van der Waals surface area contributed by atoms with E-state index in [9.17, 15) is 4.79 Å². The van der Waals surface area contributed by atoms with Crippen molar-refractivity contribution in [2.24, 2.45) is 0 Å². The van der Waals surface area contributed by atoms with Crippen molar-refractivity contribution in [1.82, 2.24) is 19.7 Å². The van der Waals surface area contributed by atoms with E-state index < -0.39 is 0 Å². The number of aryl methyl sites for hydroxylation is 1. The van der Waals surface area contributed by atoms with Gasteiger partial charge in [0.1, 0.15) is 11.5 Å². The van der Waals surface area contributed by atoms with Gasteiger partial charge in [-0.25, -0.2) is 0 Å². The van der Waals surface area contributed by atoms with Crippen molar-refractivity contribution in [2.45, 2.75) is 18.6 Å². The van der Waals surface area contributed by atoms with Crippen molar-refractivity contribution in [1.29, 1.82) is 0 Å². The number of morpholine rings is 1. The number of aromatic nitrogens is 3. The van der Waals surface area contributed by atoms with E-state index in [0.29, 0.717) is 24.9 Å². The summed E-state index contributed by atoms with van der Waals surface area (Å²) in [5, 5.41) is 9.52. The smallest absolute Gasteiger partial charge is 0.233 e. The van der Waals surface area contributed by atoms with Crippen LogP contribution < -0.4 is 4.90 Å². The lowest BCUT2D eigenvalue weighted by molar-refractivity contribution is -0.127. The molecule has 0 bridgehead atoms. The third-order valence-electron chi connectivity index (χ3n) is 4.86. The van der Waals surface area contributed by atoms with Gasteiger partial charge in [-0.3, -0.25) is 9.36 Å². The summed E-state index contributed by atoms with van der Waals surface area (Å²) in [5.74, 6) is 2.66. The second-order valence-corrected chi connectivity index (χ2v) is 8.05. The Kier molecular flexibility index (Phi) is 6.39. The number of anilines is 1. The van der Waals surface area contributed by atoms with Crippen LogP contribution in [-0.2, 0) is 16.1 Å². The highest BCUT2D eigenvalue weighted by Gasteiger charge is 2.22. The number of nitrogens with zero attached hydrogens (tertiary/aromatic N) is 5. The first-order chi connectivity index (χ1) is 14.6. The maximum atomic E-state index is 12.7. The quantitative estimate of drug-likeness (QED) is 0.537. The number of benzene rings is 1. The highest BCUT2D eigenvalue weighted by molar-refractivity contribution is 7.99. The standard InChI is InChI=1S/C21H25N5O3S/c1-16-8-9-18(29-16)14-24(2)19(27)15-30-21-23-22-20(25-10-12-28-13-11-25)26(21)17-6-4-3-5-7-17/h3-9H,10-15H2,1-2H3. The Morgan fingerprint density at radius 3 is 2.60 bits per heavy atom. The van der Waals surface area contributed by atoms with Crippen LogP contribution >= 0.6 is 11.8 Å². The van der Waals surface area contributed by atoms with E-state index in [4.69, 9.17) is 9.15 Å². The van der Waals surface area contributed by atoms with Crippen LogP contribution in [0.4, 0.5) is 5.95 Å². The summed E-state index contributed by atoms with van der Waals surface area (Å²) in [6.07, 6.45) is 0. The lowest BCUT2D eigenvalue weighted by atomic mass is 10.3. The van der Waals surface area contributed by atoms with Crippen molar-refractivity contribution < 1.29 is 13.9 Å². The van der Waals surface area contributed by atoms with E-state index in [1.807, 2.05) is 54.0 Å². The van der Waals surface area contributed by atoms with Crippen LogP contribution in [-0.4, -0.2) is 64.7 Å². The third-order valence-corrected chi connectivity index (χ3v) is 5.78. The first kappa shape index (κ1) is 20.5. The van der Waals surface area contributed by atoms with Gasteiger partial charge >= 0.3 is 0 Å². The molecule has 9 heteroatoms. The summed E-state index contributed by atoms with van der Waals surface area (Å²) in [6, 6.07) is 13.8. The Morgan fingerprint density at radius 2 is 1.90 bits per heavy atom. The van der Waals surface area contributed by atoms with Gasteiger partial charge in [0, 0.05) is 20.1 Å². The predicted molar refractivity (Wildman–Crippen MR) is 115 cm³/mol. The second-order valence-electron chi connectivity index (χ2n) is 7.10. The number of ether oxygens (including phenoxy) is 1. The number of hydrogen-bond acceptors (Lipinski definition) is 7. The molecule has 0 aliphatic carbocycles. The zero-order valence-corrected chi connectivity index (χ0v) is 18.0. The molecule has 0 spiro atoms. The molecule has 158 valence electrons. The number of amides is 1. The molecule has 1 aliphatic heterocycles. The second kappa shape index (κ2) is 9.36. The van der Waals surface area contributed by atoms with Gasteiger partial charge in [0.05, 0.1) is 31.2 Å². The van der Waals surface area contributed by atoms with E-state index in [0.717, 1.165) is 36.2 Å². The molecule has 1 aromatic carbocycles. The maximum absolute atomic E-state index is 12.7. The average Bonchev–Trinajstić information content (AvgIpc) is 3.39. The lowest BCUT2D eigenvalue weighted by Gasteiger charge is -2.27. The SMILES string of the molecule is Cc1ccc(CN(C)C(=O)CSc2nnc(N3CCOCC3)n2-c2ccccc2)o1. The minimum absolute atomic E-state index is 0.00425. The van der Waals surface area contributed by atoms with Crippen molar-refractivity contribution in [2.75, 3.05) is 44.0 Å². The lowest BCUT2D eigenvalue weighted by Crippen LogP contribution is -2.37. The Hall–Kier alpha value is -2.78. The average molecular weight is 428 g/mol. The van der Waals surface area contributed by atoms with Gasteiger partial charge in [-0.2, -0.15) is 0 Å². The summed E-state index contributed by atoms with van der Waals surface area (Å²) in [6.45, 7) is 5.19. The molecular weight excluding hydrogens is 402 g/mol. The molecule has 1 saturated heterocycles. The number of thioether (sulfide) groups is 1. The third kappa shape index (κ3) is 4.68. The van der Waals surface area contributed by atoms with E-state index in [2.05, 4.69) is 15.1 Å². The molecule has 3 heterocycles. The van der Waals surface area contributed by atoms with Gasteiger partial charge in [-0.15, -0.1) is 10.2 Å². The monoisotopic (exact) mass is 427 g/mol. The van der Waals surface area contributed by atoms with Crippen LogP contribution in [0.3, 0.4) is 0 Å². The Balaban J connectivity index is 1.49. The normalized spacial score (nSPS) is 14.1. The molecule has 0 radical (unpaired) electrons. The first-order valence-corrected chi connectivity index (χ1v) is 10.9. The zero-order chi connectivity index (χ0) is 20.9. The fraction of sp³-hybridized carbons (Fsp3) is 0.381. The molecule has 0 atom stereocenters. The molecule has 0 unspecified atom stereocenters. The van der Waals surface area contributed by atoms with Crippen molar-refractivity contribution in [3.63, 3.8) is 0 Å². The molecule has 0 saturated carbocycles. The van der Waals surface area contributed by atoms with Crippen molar-refractivity contribution >= 4 is 23.6 Å². The molecule has 4 rings (SSSR count). The van der Waals surface area contributed by atoms with E-state index in [1.165, 1.54) is 11.8 Å². The Labute approximate surface area is 179 Å². The van der Waals surface area contributed by atoms with Gasteiger partial charge in [0.15, 0.2) is 5.16 Å². The van der Waals surface area contributed by atoms with Gasteiger partial charge in [-0.05, 0) is 31.2 Å². The zero-order valence-electron chi connectivity index (χ0n) is 17.2. The number of carbonyl (C=O) groups is 1. The first-order valence-electron chi connectivity index (χ1n) is 9.87. The Morgan fingerprint density at radius 1 is 1.13 bits per heavy atom. The van der Waals surface area contributed by atoms with Crippen LogP contribution in [0.25, 0.3) is 5.69 Å². The number of hydrogen-bond donors (Lipinski definition) is 0. The number of carbonyl (C=O) groups excluding carboxylic acids is 1. The largest absolute Gasteiger partial charge is 0.464 e. The summed E-state index contributed by atoms with van der Waals surface area (Å²) < 4.78 is 13.1. The summed E-state index contributed by atoms with van der Waals surface area (Å²) >= 11 is 1.39. The van der Waals surface area contributed by atoms with Gasteiger partial charge in [0.2, 0.25) is 11.9 Å². The number of furan rings is 1. The number of rotatable bonds is 7. The van der Waals surface area contributed by atoms with E-state index in [1.54, 1.807) is 11.9 Å². The topological polar surface area (TPSA) is 76.6 Å². The molecule has 1 amide bonds. The van der Waals surface area contributed by atoms with Crippen molar-refractivity contribution in [3.8, 4) is 5.69 Å². The van der Waals surface area contributed by atoms with Gasteiger partial charge in [-0.1, -0.05) is 30.0 Å². The van der Waals surface area contributed by atoms with E-state index in [-0.39, 0.29) is 11.7 Å². The maximum Gasteiger partial charge on any atom is 0.233 e. The van der Waals surface area contributed by atoms with E-state index >= 15 is 0 Å². The highest BCUT2D eigenvalue weighted by atomic mass is 32.2. The van der Waals surface area contributed by atoms with Crippen LogP contribution in [0.5, 0.6) is 0 Å². The Bertz CT molecular complexity index is 982. The van der Waals surface area contributed by atoms with Crippen LogP contribution in [0.15, 0.2) is 52.0 Å². The summed E-state index contributed by atoms with van der Waals surface area (Å²) in [7, 11) is 1.78. The molecule has 2 aromatic heterocycles. The van der Waals surface area contributed by atoms with Crippen LogP contribution in [0.1, 0.15) is 11.5 Å². The molecule has 1 fully saturated rings. The minimum atomic E-state index is 0.00425. The summed E-state index contributed by atoms with van der Waals surface area (Å²) in [4.78, 5) is 16.5. The van der Waals surface area contributed by atoms with Crippen LogP contribution in [0, 0.1) is 6.92 Å². The highest BCUT2D eigenvalue weighted by Crippen LogP contribution is 2.27. The van der Waals surface area contributed by atoms with Gasteiger partial charge in [0.25, 0.3) is 0 Å². The molecule has 8 nitrogen and oxygen atoms in total. The molecular formula is C21H25N5O3S. The molecule has 30 heavy (non-hydrogen) atoms. The number of para-hydroxylation sites is 1. The molecule has 3 aromatic rings. The fourth-order valence-corrected chi connectivity index (χ4v) is 4.14. The van der Waals surface area contributed by atoms with Gasteiger partial charge < -0.3 is 19.0 Å². The fourth-order valence-electron chi connectivity index (χ4n) is 3.26. The van der Waals surface area contributed by atoms with Crippen molar-refractivity contribution in [3.05, 3.63) is 54.0 Å². The van der Waals surface area contributed by atoms with Crippen LogP contribution in [0.2, 0.25) is 0 Å². The summed E-state index contributed by atoms with van der Waals surface area (Å²) in [5.41, 5.74) is 0.971. The molecule has 0 N–H and O–H groups in total.